The molecule has 0 saturated carbocycles. The lowest BCUT2D eigenvalue weighted by Gasteiger charge is -2.34. The molecule has 1 fully saturated rings. The lowest BCUT2D eigenvalue weighted by Crippen LogP contribution is -2.42. The molecule has 0 aliphatic carbocycles. The number of benzene rings is 1. The maximum Gasteiger partial charge on any atom is 0.191 e. The van der Waals surface area contributed by atoms with Crippen molar-refractivity contribution in [2.45, 2.75) is 32.7 Å². The number of hydrogen-bond donors (Lipinski definition) is 3. The second-order valence-corrected chi connectivity index (χ2v) is 7.71. The van der Waals surface area contributed by atoms with Gasteiger partial charge in [-0.15, -0.1) is 24.0 Å². The fraction of sp³-hybridized carbons (Fsp3) is 0.565. The molecular formula is C23H37IN6O2. The van der Waals surface area contributed by atoms with E-state index >= 15 is 0 Å². The van der Waals surface area contributed by atoms with E-state index in [1.54, 1.807) is 7.11 Å². The summed E-state index contributed by atoms with van der Waals surface area (Å²) in [6.45, 7) is 9.90. The molecule has 1 saturated heterocycles. The summed E-state index contributed by atoms with van der Waals surface area (Å²) < 4.78 is 10.9. The number of methoxy groups -OCH3 is 1. The first kappa shape index (κ1) is 26.4. The number of aliphatic imine (C=N–C) groups is 1. The van der Waals surface area contributed by atoms with Crippen LogP contribution in [0.1, 0.15) is 36.2 Å². The Labute approximate surface area is 208 Å². The van der Waals surface area contributed by atoms with E-state index in [2.05, 4.69) is 51.7 Å². The molecule has 1 aromatic carbocycles. The highest BCUT2D eigenvalue weighted by Crippen LogP contribution is 2.24. The first-order valence-corrected chi connectivity index (χ1v) is 11.2. The molecule has 178 valence electrons. The van der Waals surface area contributed by atoms with Crippen molar-refractivity contribution in [2.24, 2.45) is 4.99 Å². The smallest absolute Gasteiger partial charge is 0.191 e. The van der Waals surface area contributed by atoms with Crippen LogP contribution in [0.25, 0.3) is 0 Å². The monoisotopic (exact) mass is 556 g/mol. The number of halogens is 1. The number of hydrogen-bond acceptors (Lipinski definition) is 5. The average Bonchev–Trinajstić information content (AvgIpc) is 3.22. The molecule has 2 aromatic rings. The van der Waals surface area contributed by atoms with E-state index in [0.29, 0.717) is 6.54 Å². The molecule has 2 heterocycles. The van der Waals surface area contributed by atoms with Gasteiger partial charge in [0.25, 0.3) is 0 Å². The zero-order valence-corrected chi connectivity index (χ0v) is 21.7. The number of nitrogens with one attached hydrogen (secondary N) is 3. The van der Waals surface area contributed by atoms with Crippen LogP contribution in [-0.4, -0.2) is 74.1 Å². The molecular weight excluding hydrogens is 519 g/mol. The summed E-state index contributed by atoms with van der Waals surface area (Å²) in [4.78, 5) is 7.38. The van der Waals surface area contributed by atoms with Crippen molar-refractivity contribution in [1.82, 2.24) is 25.7 Å². The van der Waals surface area contributed by atoms with Crippen LogP contribution in [0.15, 0.2) is 35.5 Å². The van der Waals surface area contributed by atoms with Crippen LogP contribution in [0.5, 0.6) is 5.75 Å². The standard InChI is InChI=1S/C23H36N6O2.HI/c1-4-24-23(25-11-5-6-20-16-27-28-18(20)2)26-17-22(29-12-14-31-15-13-29)19-7-9-21(30-3)10-8-19;/h7-10,16,22H,4-6,11-15,17H2,1-3H3,(H,27,28)(H2,24,25,26);1H. The van der Waals surface area contributed by atoms with E-state index < -0.39 is 0 Å². The minimum atomic E-state index is 0. The molecule has 0 amide bonds. The number of rotatable bonds is 10. The van der Waals surface area contributed by atoms with Gasteiger partial charge < -0.3 is 20.1 Å². The number of aryl methyl sites for hydroxylation is 2. The third kappa shape index (κ3) is 7.93. The van der Waals surface area contributed by atoms with Gasteiger partial charge >= 0.3 is 0 Å². The number of H-pyrrole nitrogens is 1. The Bertz CT molecular complexity index is 805. The molecule has 32 heavy (non-hydrogen) atoms. The van der Waals surface area contributed by atoms with Crippen LogP contribution in [0, 0.1) is 6.92 Å². The van der Waals surface area contributed by atoms with Gasteiger partial charge in [0.2, 0.25) is 0 Å². The van der Waals surface area contributed by atoms with Crippen LogP contribution >= 0.6 is 24.0 Å². The van der Waals surface area contributed by atoms with Crippen molar-refractivity contribution in [2.75, 3.05) is 53.0 Å². The predicted octanol–water partition coefficient (Wildman–Crippen LogP) is 2.91. The van der Waals surface area contributed by atoms with E-state index in [9.17, 15) is 0 Å². The summed E-state index contributed by atoms with van der Waals surface area (Å²) in [5, 5.41) is 13.9. The molecule has 1 aliphatic rings. The fourth-order valence-corrected chi connectivity index (χ4v) is 3.78. The minimum Gasteiger partial charge on any atom is -0.497 e. The molecule has 1 aromatic heterocycles. The highest BCUT2D eigenvalue weighted by atomic mass is 127. The van der Waals surface area contributed by atoms with E-state index in [1.807, 2.05) is 18.3 Å². The highest BCUT2D eigenvalue weighted by Gasteiger charge is 2.22. The Morgan fingerprint density at radius 2 is 2.00 bits per heavy atom. The molecule has 9 heteroatoms. The summed E-state index contributed by atoms with van der Waals surface area (Å²) in [6, 6.07) is 8.53. The summed E-state index contributed by atoms with van der Waals surface area (Å²) in [6.07, 6.45) is 3.93. The minimum absolute atomic E-state index is 0. The third-order valence-corrected chi connectivity index (χ3v) is 5.60. The second kappa shape index (κ2) is 14.3. The molecule has 8 nitrogen and oxygen atoms in total. The Morgan fingerprint density at radius 1 is 1.25 bits per heavy atom. The van der Waals surface area contributed by atoms with Gasteiger partial charge in [0, 0.05) is 31.9 Å². The van der Waals surface area contributed by atoms with Crippen molar-refractivity contribution in [3.8, 4) is 5.75 Å². The van der Waals surface area contributed by atoms with Gasteiger partial charge in [0.15, 0.2) is 5.96 Å². The van der Waals surface area contributed by atoms with Crippen molar-refractivity contribution in [1.29, 1.82) is 0 Å². The lowest BCUT2D eigenvalue weighted by molar-refractivity contribution is 0.0179. The first-order valence-electron chi connectivity index (χ1n) is 11.2. The van der Waals surface area contributed by atoms with Gasteiger partial charge in [-0.1, -0.05) is 12.1 Å². The Hall–Kier alpha value is -1.85. The van der Waals surface area contributed by atoms with Gasteiger partial charge in [-0.2, -0.15) is 5.10 Å². The summed E-state index contributed by atoms with van der Waals surface area (Å²) in [5.41, 5.74) is 3.67. The summed E-state index contributed by atoms with van der Waals surface area (Å²) in [7, 11) is 1.70. The number of nitrogens with zero attached hydrogens (tertiary/aromatic N) is 3. The number of aromatic nitrogens is 2. The van der Waals surface area contributed by atoms with Gasteiger partial charge in [0.05, 0.1) is 39.1 Å². The van der Waals surface area contributed by atoms with Crippen LogP contribution in [0.2, 0.25) is 0 Å². The molecule has 1 unspecified atom stereocenters. The average molecular weight is 556 g/mol. The Morgan fingerprint density at radius 3 is 2.62 bits per heavy atom. The number of guanidine groups is 1. The second-order valence-electron chi connectivity index (χ2n) is 7.71. The van der Waals surface area contributed by atoms with Gasteiger partial charge in [0.1, 0.15) is 5.75 Å². The predicted molar refractivity (Wildman–Crippen MR) is 139 cm³/mol. The summed E-state index contributed by atoms with van der Waals surface area (Å²) in [5.74, 6) is 1.73. The molecule has 1 atom stereocenters. The first-order chi connectivity index (χ1) is 15.2. The molecule has 0 bridgehead atoms. The molecule has 1 aliphatic heterocycles. The quantitative estimate of drug-likeness (QED) is 0.181. The summed E-state index contributed by atoms with van der Waals surface area (Å²) >= 11 is 0. The molecule has 3 N–H and O–H groups in total. The largest absolute Gasteiger partial charge is 0.497 e. The topological polar surface area (TPSA) is 86.8 Å². The van der Waals surface area contributed by atoms with E-state index in [1.165, 1.54) is 11.1 Å². The third-order valence-electron chi connectivity index (χ3n) is 5.60. The van der Waals surface area contributed by atoms with Crippen molar-refractivity contribution < 1.29 is 9.47 Å². The number of ether oxygens (including phenoxy) is 2. The molecule has 0 radical (unpaired) electrons. The Balaban J connectivity index is 0.00000363. The van der Waals surface area contributed by atoms with Gasteiger partial charge in [-0.05, 0) is 49.9 Å². The van der Waals surface area contributed by atoms with Crippen LogP contribution in [0.4, 0.5) is 0 Å². The fourth-order valence-electron chi connectivity index (χ4n) is 3.78. The Kier molecular flexibility index (Phi) is 11.8. The van der Waals surface area contributed by atoms with Gasteiger partial charge in [-0.25, -0.2) is 0 Å². The SMILES string of the molecule is CCNC(=NCC(c1ccc(OC)cc1)N1CCOCC1)NCCCc1cn[nH]c1C.I. The lowest BCUT2D eigenvalue weighted by atomic mass is 10.0. The van der Waals surface area contributed by atoms with Crippen LogP contribution in [-0.2, 0) is 11.2 Å². The normalized spacial score (nSPS) is 15.7. The molecule has 3 rings (SSSR count). The zero-order chi connectivity index (χ0) is 21.9. The maximum atomic E-state index is 5.56. The van der Waals surface area contributed by atoms with Crippen LogP contribution in [0.3, 0.4) is 0 Å². The van der Waals surface area contributed by atoms with E-state index in [4.69, 9.17) is 14.5 Å². The van der Waals surface area contributed by atoms with Gasteiger partial charge in [-0.3, -0.25) is 15.0 Å². The number of morpholine rings is 1. The highest BCUT2D eigenvalue weighted by molar-refractivity contribution is 14.0. The van der Waals surface area contributed by atoms with Crippen molar-refractivity contribution in [3.05, 3.63) is 47.3 Å². The van der Waals surface area contributed by atoms with Crippen molar-refractivity contribution in [3.63, 3.8) is 0 Å². The maximum absolute atomic E-state index is 5.56. The van der Waals surface area contributed by atoms with Crippen LogP contribution < -0.4 is 15.4 Å². The number of aromatic amines is 1. The zero-order valence-electron chi connectivity index (χ0n) is 19.4. The molecule has 0 spiro atoms. The van der Waals surface area contributed by atoms with E-state index in [0.717, 1.165) is 69.6 Å². The van der Waals surface area contributed by atoms with Crippen molar-refractivity contribution >= 4 is 29.9 Å². The van der Waals surface area contributed by atoms with E-state index in [-0.39, 0.29) is 30.0 Å².